The summed E-state index contributed by atoms with van der Waals surface area (Å²) in [5.74, 6) is 0. The van der Waals surface area contributed by atoms with Crippen LogP contribution in [0, 0.1) is 0 Å². The smallest absolute Gasteiger partial charge is 0.397 e. The fraction of sp³-hybridized carbons (Fsp3) is 0.0476. The third kappa shape index (κ3) is 3.16. The maximum absolute atomic E-state index is 13.6. The van der Waals surface area contributed by atoms with Gasteiger partial charge in [0, 0.05) is 10.4 Å². The first-order valence-electron chi connectivity index (χ1n) is 9.15. The molecular weight excluding hydrogens is 447 g/mol. The molecule has 160 valence electrons. The van der Waals surface area contributed by atoms with Crippen molar-refractivity contribution >= 4 is 39.4 Å². The third-order valence-electron chi connectivity index (χ3n) is 4.98. The molecule has 2 N–H and O–H groups in total. The molecule has 7 nitrogen and oxygen atoms in total. The summed E-state index contributed by atoms with van der Waals surface area (Å²) in [4.78, 5) is 17.3. The molecule has 0 saturated heterocycles. The van der Waals surface area contributed by atoms with E-state index in [1.54, 1.807) is 18.2 Å². The van der Waals surface area contributed by atoms with Gasteiger partial charge in [-0.05, 0) is 64.4 Å². The number of fused-ring (bicyclic) bond motifs is 2. The number of nitrogens with two attached hydrogens (primary N) is 1. The summed E-state index contributed by atoms with van der Waals surface area (Å²) in [5, 5.41) is 8.07. The number of hydrogen-bond donors (Lipinski definition) is 1. The highest BCUT2D eigenvalue weighted by molar-refractivity contribution is 6.30. The van der Waals surface area contributed by atoms with E-state index in [0.29, 0.717) is 21.6 Å². The molecule has 0 unspecified atom stereocenters. The number of nitrogen functional groups attached to an aromatic ring is 1. The van der Waals surface area contributed by atoms with Gasteiger partial charge in [-0.3, -0.25) is 9.36 Å². The lowest BCUT2D eigenvalue weighted by Crippen LogP contribution is -2.24. The first-order chi connectivity index (χ1) is 15.2. The van der Waals surface area contributed by atoms with E-state index < -0.39 is 17.4 Å². The van der Waals surface area contributed by atoms with Gasteiger partial charge in [0.2, 0.25) is 0 Å². The Labute approximate surface area is 181 Å². The Balaban J connectivity index is 1.90. The van der Waals surface area contributed by atoms with Gasteiger partial charge in [-0.25, -0.2) is 9.61 Å². The normalized spacial score (nSPS) is 12.0. The van der Waals surface area contributed by atoms with Crippen molar-refractivity contribution in [2.45, 2.75) is 6.18 Å². The predicted molar refractivity (Wildman–Crippen MR) is 113 cm³/mol. The Morgan fingerprint density at radius 1 is 0.969 bits per heavy atom. The van der Waals surface area contributed by atoms with Crippen molar-refractivity contribution in [2.24, 2.45) is 0 Å². The molecule has 3 heterocycles. The molecule has 0 spiro atoms. The molecule has 0 amide bonds. The molecule has 0 radical (unpaired) electrons. The molecule has 0 bridgehead atoms. The van der Waals surface area contributed by atoms with Crippen molar-refractivity contribution in [3.05, 3.63) is 75.7 Å². The number of aromatic nitrogens is 4. The number of benzene rings is 2. The minimum atomic E-state index is -4.70. The zero-order chi connectivity index (χ0) is 22.6. The van der Waals surface area contributed by atoms with Crippen LogP contribution < -0.4 is 11.3 Å². The van der Waals surface area contributed by atoms with E-state index >= 15 is 0 Å². The second-order valence-corrected chi connectivity index (χ2v) is 7.38. The van der Waals surface area contributed by atoms with Crippen molar-refractivity contribution < 1.29 is 17.8 Å². The second-order valence-electron chi connectivity index (χ2n) is 6.94. The van der Waals surface area contributed by atoms with Gasteiger partial charge in [-0.2, -0.15) is 13.2 Å². The molecule has 2 aromatic carbocycles. The van der Waals surface area contributed by atoms with Crippen LogP contribution in [0.1, 0.15) is 5.69 Å². The van der Waals surface area contributed by atoms with Crippen LogP contribution in [-0.2, 0) is 6.18 Å². The molecule has 3 aromatic heterocycles. The highest BCUT2D eigenvalue weighted by Gasteiger charge is 2.33. The summed E-state index contributed by atoms with van der Waals surface area (Å²) in [6, 6.07) is 12.9. The van der Waals surface area contributed by atoms with Crippen LogP contribution in [0.5, 0.6) is 0 Å². The van der Waals surface area contributed by atoms with Gasteiger partial charge in [0.15, 0.2) is 0 Å². The highest BCUT2D eigenvalue weighted by atomic mass is 35.5. The molecule has 0 atom stereocenters. The molecule has 11 heteroatoms. The molecule has 0 fully saturated rings. The van der Waals surface area contributed by atoms with Crippen LogP contribution in [0.2, 0.25) is 5.02 Å². The largest absolute Gasteiger partial charge is 0.433 e. The van der Waals surface area contributed by atoms with Gasteiger partial charge in [-0.1, -0.05) is 17.7 Å². The number of nitrogens with zero attached hydrogens (tertiary/aromatic N) is 4. The molecule has 0 aliphatic rings. The maximum Gasteiger partial charge on any atom is 0.433 e. The molecule has 0 saturated carbocycles. The summed E-state index contributed by atoms with van der Waals surface area (Å²) in [6.07, 6.45) is -4.70. The maximum atomic E-state index is 13.6. The van der Waals surface area contributed by atoms with Gasteiger partial charge in [-0.15, -0.1) is 0 Å². The summed E-state index contributed by atoms with van der Waals surface area (Å²) in [5.41, 5.74) is 5.89. The fourth-order valence-electron chi connectivity index (χ4n) is 3.49. The van der Waals surface area contributed by atoms with E-state index in [4.69, 9.17) is 22.0 Å². The van der Waals surface area contributed by atoms with Crippen LogP contribution in [0.15, 0.2) is 64.0 Å². The molecule has 32 heavy (non-hydrogen) atoms. The van der Waals surface area contributed by atoms with Crippen LogP contribution in [0.25, 0.3) is 38.9 Å². The van der Waals surface area contributed by atoms with Crippen LogP contribution >= 0.6 is 11.6 Å². The monoisotopic (exact) mass is 457 g/mol. The standard InChI is InChI=1S/C21H11ClF3N5O2/c22-11-2-4-12(5-3-11)30-19-13(6-8-16(27-19)21(23,24)25)18(26)17(20(30)31)10-1-7-14-15(9-10)29-32-28-14/h1-9H,26H2. The molecular formula is C21H11ClF3N5O2. The summed E-state index contributed by atoms with van der Waals surface area (Å²) in [7, 11) is 0. The quantitative estimate of drug-likeness (QED) is 0.407. The van der Waals surface area contributed by atoms with Crippen LogP contribution in [0.4, 0.5) is 18.9 Å². The van der Waals surface area contributed by atoms with Crippen molar-refractivity contribution in [1.29, 1.82) is 0 Å². The summed E-state index contributed by atoms with van der Waals surface area (Å²) >= 11 is 5.95. The first kappa shape index (κ1) is 20.0. The minimum Gasteiger partial charge on any atom is -0.397 e. The molecule has 5 rings (SSSR count). The van der Waals surface area contributed by atoms with E-state index in [1.165, 1.54) is 30.3 Å². The number of hydrogen-bond acceptors (Lipinski definition) is 6. The number of alkyl halides is 3. The van der Waals surface area contributed by atoms with Gasteiger partial charge in [0.1, 0.15) is 22.4 Å². The number of rotatable bonds is 2. The van der Waals surface area contributed by atoms with Gasteiger partial charge < -0.3 is 5.73 Å². The van der Waals surface area contributed by atoms with E-state index in [2.05, 4.69) is 15.3 Å². The lowest BCUT2D eigenvalue weighted by Gasteiger charge is -2.17. The second kappa shape index (κ2) is 7.06. The Hall–Kier alpha value is -3.92. The highest BCUT2D eigenvalue weighted by Crippen LogP contribution is 2.34. The third-order valence-corrected chi connectivity index (χ3v) is 5.23. The lowest BCUT2D eigenvalue weighted by molar-refractivity contribution is -0.141. The van der Waals surface area contributed by atoms with Crippen molar-refractivity contribution in [3.63, 3.8) is 0 Å². The zero-order valence-corrected chi connectivity index (χ0v) is 16.6. The number of anilines is 1. The Kier molecular flexibility index (Phi) is 4.41. The van der Waals surface area contributed by atoms with Crippen molar-refractivity contribution in [3.8, 4) is 16.8 Å². The Morgan fingerprint density at radius 2 is 1.69 bits per heavy atom. The fourth-order valence-corrected chi connectivity index (χ4v) is 3.62. The topological polar surface area (TPSA) is 99.8 Å². The zero-order valence-electron chi connectivity index (χ0n) is 15.9. The van der Waals surface area contributed by atoms with E-state index in [1.807, 2.05) is 0 Å². The Bertz CT molecular complexity index is 1560. The van der Waals surface area contributed by atoms with E-state index in [9.17, 15) is 18.0 Å². The average molecular weight is 458 g/mol. The first-order valence-corrected chi connectivity index (χ1v) is 9.53. The minimum absolute atomic E-state index is 0.00718. The van der Waals surface area contributed by atoms with Gasteiger partial charge >= 0.3 is 6.18 Å². The molecule has 0 aliphatic heterocycles. The van der Waals surface area contributed by atoms with E-state index in [0.717, 1.165) is 10.6 Å². The van der Waals surface area contributed by atoms with Crippen molar-refractivity contribution in [2.75, 3.05) is 5.73 Å². The van der Waals surface area contributed by atoms with Crippen molar-refractivity contribution in [1.82, 2.24) is 19.9 Å². The summed E-state index contributed by atoms with van der Waals surface area (Å²) < 4.78 is 45.8. The van der Waals surface area contributed by atoms with E-state index in [-0.39, 0.29) is 28.0 Å². The van der Waals surface area contributed by atoms with Gasteiger partial charge in [0.05, 0.1) is 16.9 Å². The lowest BCUT2D eigenvalue weighted by atomic mass is 10.0. The average Bonchev–Trinajstić information content (AvgIpc) is 3.22. The summed E-state index contributed by atoms with van der Waals surface area (Å²) in [6.45, 7) is 0. The van der Waals surface area contributed by atoms with Crippen LogP contribution in [0.3, 0.4) is 0 Å². The number of halogens is 4. The Morgan fingerprint density at radius 3 is 2.41 bits per heavy atom. The molecule has 0 aliphatic carbocycles. The predicted octanol–water partition coefficient (Wildman–Crippen LogP) is 4.84. The van der Waals surface area contributed by atoms with Gasteiger partial charge in [0.25, 0.3) is 5.56 Å². The number of pyridine rings is 2. The SMILES string of the molecule is Nc1c(-c2ccc3nonc3c2)c(=O)n(-c2ccc(Cl)cc2)c2nc(C(F)(F)F)ccc12. The molecule has 5 aromatic rings. The van der Waals surface area contributed by atoms with Crippen LogP contribution in [-0.4, -0.2) is 19.9 Å².